The lowest BCUT2D eigenvalue weighted by atomic mass is 10.2. The lowest BCUT2D eigenvalue weighted by Crippen LogP contribution is -2.21. The van der Waals surface area contributed by atoms with E-state index in [9.17, 15) is 0 Å². The molecule has 0 spiro atoms. The Balaban J connectivity index is 2.12. The van der Waals surface area contributed by atoms with E-state index in [1.807, 2.05) is 38.4 Å². The molecule has 3 nitrogen and oxygen atoms in total. The number of nitrogens with zero attached hydrogens (tertiary/aromatic N) is 1. The predicted molar refractivity (Wildman–Crippen MR) is 73.0 cm³/mol. The van der Waals surface area contributed by atoms with Gasteiger partial charge in [-0.25, -0.2) is 0 Å². The number of fused-ring (bicyclic) bond motifs is 1. The van der Waals surface area contributed by atoms with Crippen molar-refractivity contribution in [2.75, 3.05) is 32.1 Å². The number of furan rings is 1. The van der Waals surface area contributed by atoms with Gasteiger partial charge in [-0.3, -0.25) is 0 Å². The van der Waals surface area contributed by atoms with Gasteiger partial charge in [-0.1, -0.05) is 11.6 Å². The van der Waals surface area contributed by atoms with Crippen molar-refractivity contribution in [2.24, 2.45) is 0 Å². The van der Waals surface area contributed by atoms with Gasteiger partial charge in [0.1, 0.15) is 5.58 Å². The summed E-state index contributed by atoms with van der Waals surface area (Å²) in [5.74, 6) is 0.887. The molecule has 4 heteroatoms. The van der Waals surface area contributed by atoms with Crippen LogP contribution in [0.5, 0.6) is 0 Å². The summed E-state index contributed by atoms with van der Waals surface area (Å²) in [7, 11) is 4.00. The molecule has 1 aromatic carbocycles. The first-order valence-electron chi connectivity index (χ1n) is 5.75. The Morgan fingerprint density at radius 3 is 2.94 bits per heavy atom. The van der Waals surface area contributed by atoms with Crippen LogP contribution < -0.4 is 10.2 Å². The van der Waals surface area contributed by atoms with Gasteiger partial charge in [0.25, 0.3) is 0 Å². The average molecular weight is 253 g/mol. The third-order valence-electron chi connectivity index (χ3n) is 2.76. The third-order valence-corrected chi connectivity index (χ3v) is 3.00. The van der Waals surface area contributed by atoms with Crippen LogP contribution in [-0.2, 0) is 0 Å². The number of hydrogen-bond donors (Lipinski definition) is 1. The second-order valence-corrected chi connectivity index (χ2v) is 4.58. The number of hydrogen-bond acceptors (Lipinski definition) is 3. The molecule has 0 amide bonds. The van der Waals surface area contributed by atoms with E-state index >= 15 is 0 Å². The molecule has 0 fully saturated rings. The summed E-state index contributed by atoms with van der Waals surface area (Å²) in [6.07, 6.45) is 1.09. The van der Waals surface area contributed by atoms with Crippen LogP contribution >= 0.6 is 11.6 Å². The van der Waals surface area contributed by atoms with Gasteiger partial charge in [-0.15, -0.1) is 0 Å². The van der Waals surface area contributed by atoms with Crippen LogP contribution in [0.25, 0.3) is 11.0 Å². The highest BCUT2D eigenvalue weighted by molar-refractivity contribution is 6.31. The van der Waals surface area contributed by atoms with Gasteiger partial charge >= 0.3 is 0 Å². The van der Waals surface area contributed by atoms with Crippen LogP contribution in [0.2, 0.25) is 5.02 Å². The molecule has 0 unspecified atom stereocenters. The fraction of sp³-hybridized carbons (Fsp3) is 0.385. The second-order valence-electron chi connectivity index (χ2n) is 4.15. The Hall–Kier alpha value is -1.19. The van der Waals surface area contributed by atoms with Gasteiger partial charge in [0.05, 0.1) is 0 Å². The summed E-state index contributed by atoms with van der Waals surface area (Å²) in [5.41, 5.74) is 0.880. The van der Waals surface area contributed by atoms with Crippen molar-refractivity contribution in [3.8, 4) is 0 Å². The molecule has 2 aromatic rings. The van der Waals surface area contributed by atoms with Crippen molar-refractivity contribution >= 4 is 28.5 Å². The normalized spacial score (nSPS) is 11.0. The Morgan fingerprint density at radius 1 is 1.35 bits per heavy atom. The van der Waals surface area contributed by atoms with Gasteiger partial charge in [0.2, 0.25) is 0 Å². The Bertz CT molecular complexity index is 495. The molecule has 0 aliphatic carbocycles. The molecule has 0 bridgehead atoms. The third kappa shape index (κ3) is 2.93. The number of benzene rings is 1. The van der Waals surface area contributed by atoms with E-state index in [2.05, 4.69) is 10.2 Å². The summed E-state index contributed by atoms with van der Waals surface area (Å²) in [4.78, 5) is 2.12. The van der Waals surface area contributed by atoms with Gasteiger partial charge in [0.15, 0.2) is 5.88 Å². The number of nitrogens with one attached hydrogen (secondary N) is 1. The molecule has 0 saturated heterocycles. The molecule has 0 aliphatic rings. The SMILES string of the molecule is CNCCCN(C)c1cc2cc(Cl)ccc2o1. The molecule has 17 heavy (non-hydrogen) atoms. The molecular weight excluding hydrogens is 236 g/mol. The molecule has 0 radical (unpaired) electrons. The van der Waals surface area contributed by atoms with E-state index in [4.69, 9.17) is 16.0 Å². The molecule has 0 aliphatic heterocycles. The van der Waals surface area contributed by atoms with E-state index < -0.39 is 0 Å². The highest BCUT2D eigenvalue weighted by Crippen LogP contribution is 2.27. The number of rotatable bonds is 5. The zero-order valence-corrected chi connectivity index (χ0v) is 10.9. The van der Waals surface area contributed by atoms with Crippen LogP contribution in [0.3, 0.4) is 0 Å². The van der Waals surface area contributed by atoms with Crippen LogP contribution in [0, 0.1) is 0 Å². The first-order chi connectivity index (χ1) is 8.20. The van der Waals surface area contributed by atoms with E-state index in [1.54, 1.807) is 0 Å². The molecule has 2 rings (SSSR count). The zero-order valence-electron chi connectivity index (χ0n) is 10.2. The quantitative estimate of drug-likeness (QED) is 0.829. The monoisotopic (exact) mass is 252 g/mol. The summed E-state index contributed by atoms with van der Waals surface area (Å²) in [6.45, 7) is 1.98. The van der Waals surface area contributed by atoms with E-state index in [0.29, 0.717) is 0 Å². The summed E-state index contributed by atoms with van der Waals surface area (Å²) < 4.78 is 5.76. The number of anilines is 1. The maximum Gasteiger partial charge on any atom is 0.196 e. The van der Waals surface area contributed by atoms with E-state index in [1.165, 1.54) is 0 Å². The molecule has 1 heterocycles. The highest BCUT2D eigenvalue weighted by Gasteiger charge is 2.08. The molecule has 0 saturated carbocycles. The van der Waals surface area contributed by atoms with Crippen molar-refractivity contribution in [3.63, 3.8) is 0 Å². The van der Waals surface area contributed by atoms with Gasteiger partial charge in [-0.2, -0.15) is 0 Å². The van der Waals surface area contributed by atoms with E-state index in [-0.39, 0.29) is 0 Å². The fourth-order valence-electron chi connectivity index (χ4n) is 1.79. The Morgan fingerprint density at radius 2 is 2.18 bits per heavy atom. The fourth-order valence-corrected chi connectivity index (χ4v) is 1.97. The molecule has 1 aromatic heterocycles. The minimum atomic E-state index is 0.739. The zero-order chi connectivity index (χ0) is 12.3. The largest absolute Gasteiger partial charge is 0.441 e. The first kappa shape index (κ1) is 12.3. The predicted octanol–water partition coefficient (Wildman–Crippen LogP) is 3.13. The minimum absolute atomic E-state index is 0.739. The molecule has 1 N–H and O–H groups in total. The average Bonchev–Trinajstić information content (AvgIpc) is 2.72. The lowest BCUT2D eigenvalue weighted by Gasteiger charge is -2.15. The minimum Gasteiger partial charge on any atom is -0.441 e. The smallest absolute Gasteiger partial charge is 0.196 e. The molecule has 92 valence electrons. The van der Waals surface area contributed by atoms with Gasteiger partial charge in [-0.05, 0) is 38.2 Å². The molecule has 0 atom stereocenters. The van der Waals surface area contributed by atoms with Crippen molar-refractivity contribution < 1.29 is 4.42 Å². The maximum atomic E-state index is 5.95. The Labute approximate surface area is 106 Å². The van der Waals surface area contributed by atoms with Crippen LogP contribution in [0.4, 0.5) is 5.88 Å². The van der Waals surface area contributed by atoms with E-state index in [0.717, 1.165) is 41.4 Å². The van der Waals surface area contributed by atoms with Crippen molar-refractivity contribution in [2.45, 2.75) is 6.42 Å². The summed E-state index contributed by atoms with van der Waals surface area (Å²) in [5, 5.41) is 4.92. The summed E-state index contributed by atoms with van der Waals surface area (Å²) >= 11 is 5.95. The van der Waals surface area contributed by atoms with Gasteiger partial charge < -0.3 is 14.6 Å². The van der Waals surface area contributed by atoms with Crippen LogP contribution in [0.15, 0.2) is 28.7 Å². The van der Waals surface area contributed by atoms with Crippen molar-refractivity contribution in [1.29, 1.82) is 0 Å². The Kier molecular flexibility index (Phi) is 3.92. The van der Waals surface area contributed by atoms with Gasteiger partial charge in [0, 0.05) is 30.1 Å². The molecular formula is C13H17ClN2O. The van der Waals surface area contributed by atoms with Crippen LogP contribution in [-0.4, -0.2) is 27.2 Å². The van der Waals surface area contributed by atoms with Crippen LogP contribution in [0.1, 0.15) is 6.42 Å². The highest BCUT2D eigenvalue weighted by atomic mass is 35.5. The standard InChI is InChI=1S/C13H17ClN2O/c1-15-6-3-7-16(2)13-9-10-8-11(14)4-5-12(10)17-13/h4-5,8-9,15H,3,6-7H2,1-2H3. The number of halogens is 1. The van der Waals surface area contributed by atoms with Crippen molar-refractivity contribution in [3.05, 3.63) is 29.3 Å². The summed E-state index contributed by atoms with van der Waals surface area (Å²) in [6, 6.07) is 7.70. The maximum absolute atomic E-state index is 5.95. The van der Waals surface area contributed by atoms with Crippen molar-refractivity contribution in [1.82, 2.24) is 5.32 Å². The second kappa shape index (κ2) is 5.43. The lowest BCUT2D eigenvalue weighted by molar-refractivity contribution is 0.587. The first-order valence-corrected chi connectivity index (χ1v) is 6.13. The topological polar surface area (TPSA) is 28.4 Å².